The third-order valence-electron chi connectivity index (χ3n) is 3.13. The van der Waals surface area contributed by atoms with Crippen LogP contribution in [-0.2, 0) is 0 Å². The molecule has 0 bridgehead atoms. The third-order valence-corrected chi connectivity index (χ3v) is 3.13. The molecule has 0 aliphatic carbocycles. The minimum atomic E-state index is -0.116. The lowest BCUT2D eigenvalue weighted by Crippen LogP contribution is -2.30. The largest absolute Gasteiger partial charge is 0.396 e. The van der Waals surface area contributed by atoms with Crippen molar-refractivity contribution < 1.29 is 9.90 Å². The molecule has 0 saturated heterocycles. The fraction of sp³-hybridized carbons (Fsp3) is 0.643. The van der Waals surface area contributed by atoms with Crippen molar-refractivity contribution in [2.45, 2.75) is 40.0 Å². The molecule has 0 aliphatic heterocycles. The first-order valence-corrected chi connectivity index (χ1v) is 6.78. The summed E-state index contributed by atoms with van der Waals surface area (Å²) in [7, 11) is 0. The average molecular weight is 265 g/mol. The van der Waals surface area contributed by atoms with E-state index in [2.05, 4.69) is 22.4 Å². The Labute approximate surface area is 114 Å². The summed E-state index contributed by atoms with van der Waals surface area (Å²) in [6.07, 6.45) is 2.78. The van der Waals surface area contributed by atoms with Crippen molar-refractivity contribution in [1.29, 1.82) is 0 Å². The van der Waals surface area contributed by atoms with Gasteiger partial charge < -0.3 is 10.4 Å². The number of aliphatic hydroxyl groups is 1. The summed E-state index contributed by atoms with van der Waals surface area (Å²) < 4.78 is 0. The van der Waals surface area contributed by atoms with Crippen molar-refractivity contribution in [3.8, 4) is 0 Å². The lowest BCUT2D eigenvalue weighted by molar-refractivity contribution is 0.0941. The summed E-state index contributed by atoms with van der Waals surface area (Å²) in [6, 6.07) is 1.75. The molecule has 1 rings (SSSR count). The molecule has 0 radical (unpaired) electrons. The van der Waals surface area contributed by atoms with Crippen LogP contribution in [0.15, 0.2) is 6.07 Å². The van der Waals surface area contributed by atoms with Gasteiger partial charge in [0.2, 0.25) is 0 Å². The maximum atomic E-state index is 12.1. The minimum Gasteiger partial charge on any atom is -0.396 e. The number of carbonyl (C=O) groups excluding carboxylic acids is 1. The van der Waals surface area contributed by atoms with Crippen molar-refractivity contribution in [1.82, 2.24) is 15.5 Å². The summed E-state index contributed by atoms with van der Waals surface area (Å²) in [5.74, 6) is 0.213. The topological polar surface area (TPSA) is 75.1 Å². The third kappa shape index (κ3) is 4.95. The van der Waals surface area contributed by atoms with E-state index < -0.39 is 0 Å². The maximum Gasteiger partial charge on any atom is 0.253 e. The molecule has 1 amide bonds. The molecule has 2 N–H and O–H groups in total. The maximum absolute atomic E-state index is 12.1. The highest BCUT2D eigenvalue weighted by atomic mass is 16.3. The fourth-order valence-corrected chi connectivity index (χ4v) is 2.05. The molecule has 1 heterocycles. The highest BCUT2D eigenvalue weighted by molar-refractivity contribution is 5.95. The summed E-state index contributed by atoms with van der Waals surface area (Å²) in [5.41, 5.74) is 1.94. The number of nitrogens with one attached hydrogen (secondary N) is 1. The van der Waals surface area contributed by atoms with Gasteiger partial charge in [-0.05, 0) is 38.7 Å². The number of nitrogens with zero attached hydrogens (tertiary/aromatic N) is 2. The Hall–Kier alpha value is -1.49. The van der Waals surface area contributed by atoms with Crippen molar-refractivity contribution in [3.63, 3.8) is 0 Å². The van der Waals surface area contributed by atoms with Crippen LogP contribution in [0.1, 0.15) is 47.9 Å². The fourth-order valence-electron chi connectivity index (χ4n) is 2.05. The van der Waals surface area contributed by atoms with Gasteiger partial charge in [-0.2, -0.15) is 10.2 Å². The zero-order chi connectivity index (χ0) is 14.3. The van der Waals surface area contributed by atoms with Gasteiger partial charge in [-0.25, -0.2) is 0 Å². The van der Waals surface area contributed by atoms with Gasteiger partial charge in [-0.3, -0.25) is 4.79 Å². The molecule has 5 nitrogen and oxygen atoms in total. The van der Waals surface area contributed by atoms with Gasteiger partial charge in [0.1, 0.15) is 0 Å². The average Bonchev–Trinajstić information content (AvgIpc) is 2.39. The van der Waals surface area contributed by atoms with E-state index in [0.717, 1.165) is 25.0 Å². The van der Waals surface area contributed by atoms with Crippen molar-refractivity contribution in [3.05, 3.63) is 23.0 Å². The Morgan fingerprint density at radius 2 is 2.11 bits per heavy atom. The second-order valence-electron chi connectivity index (χ2n) is 4.86. The minimum absolute atomic E-state index is 0.116. The monoisotopic (exact) mass is 265 g/mol. The van der Waals surface area contributed by atoms with Gasteiger partial charge in [0.05, 0.1) is 17.0 Å². The predicted molar refractivity (Wildman–Crippen MR) is 73.9 cm³/mol. The first-order valence-electron chi connectivity index (χ1n) is 6.78. The van der Waals surface area contributed by atoms with Crippen LogP contribution >= 0.6 is 0 Å². The molecule has 106 valence electrons. The smallest absolute Gasteiger partial charge is 0.253 e. The lowest BCUT2D eigenvalue weighted by Gasteiger charge is -2.16. The molecular formula is C14H23N3O2. The Morgan fingerprint density at radius 1 is 1.37 bits per heavy atom. The Kier molecular flexibility index (Phi) is 6.42. The van der Waals surface area contributed by atoms with Crippen molar-refractivity contribution in [2.24, 2.45) is 5.92 Å². The molecule has 5 heteroatoms. The number of rotatable bonds is 7. The second-order valence-corrected chi connectivity index (χ2v) is 4.86. The zero-order valence-corrected chi connectivity index (χ0v) is 11.9. The quantitative estimate of drug-likeness (QED) is 0.785. The highest BCUT2D eigenvalue weighted by Crippen LogP contribution is 2.10. The molecule has 0 aromatic carbocycles. The molecule has 1 aromatic heterocycles. The molecule has 1 atom stereocenters. The number of hydrogen-bond acceptors (Lipinski definition) is 4. The van der Waals surface area contributed by atoms with Gasteiger partial charge in [-0.15, -0.1) is 0 Å². The summed E-state index contributed by atoms with van der Waals surface area (Å²) in [5, 5.41) is 19.8. The van der Waals surface area contributed by atoms with E-state index in [0.29, 0.717) is 23.7 Å². The number of aromatic nitrogens is 2. The van der Waals surface area contributed by atoms with Crippen LogP contribution in [0.2, 0.25) is 0 Å². The normalized spacial score (nSPS) is 12.2. The van der Waals surface area contributed by atoms with E-state index in [4.69, 9.17) is 5.11 Å². The zero-order valence-electron chi connectivity index (χ0n) is 11.9. The highest BCUT2D eigenvalue weighted by Gasteiger charge is 2.13. The lowest BCUT2D eigenvalue weighted by atomic mass is 10.00. The van der Waals surface area contributed by atoms with Gasteiger partial charge in [0, 0.05) is 13.2 Å². The molecule has 0 spiro atoms. The first-order chi connectivity index (χ1) is 9.08. The molecule has 0 saturated carbocycles. The number of carbonyl (C=O) groups is 1. The Balaban J connectivity index is 2.61. The summed E-state index contributed by atoms with van der Waals surface area (Å²) in [6.45, 7) is 6.45. The standard InChI is InChI=1S/C14H23N3O2/c1-4-5-12(6-7-18)9-15-14(19)13-8-10(2)16-17-11(13)3/h8,12,18H,4-7,9H2,1-3H3,(H,15,19). The number of aryl methyl sites for hydroxylation is 2. The van der Waals surface area contributed by atoms with Crippen LogP contribution in [0.5, 0.6) is 0 Å². The van der Waals surface area contributed by atoms with E-state index in [1.54, 1.807) is 13.0 Å². The molecule has 0 fully saturated rings. The summed E-state index contributed by atoms with van der Waals surface area (Å²) >= 11 is 0. The van der Waals surface area contributed by atoms with Crippen LogP contribution in [0, 0.1) is 19.8 Å². The molecule has 1 aromatic rings. The first kappa shape index (κ1) is 15.6. The van der Waals surface area contributed by atoms with Crippen molar-refractivity contribution in [2.75, 3.05) is 13.2 Å². The number of hydrogen-bond donors (Lipinski definition) is 2. The number of amides is 1. The summed E-state index contributed by atoms with van der Waals surface area (Å²) in [4.78, 5) is 12.1. The van der Waals surface area contributed by atoms with E-state index in [1.165, 1.54) is 0 Å². The van der Waals surface area contributed by atoms with E-state index >= 15 is 0 Å². The van der Waals surface area contributed by atoms with Gasteiger partial charge in [-0.1, -0.05) is 13.3 Å². The van der Waals surface area contributed by atoms with Crippen LogP contribution in [0.25, 0.3) is 0 Å². The molecule has 1 unspecified atom stereocenters. The molecule has 19 heavy (non-hydrogen) atoms. The van der Waals surface area contributed by atoms with E-state index in [1.807, 2.05) is 6.92 Å². The number of aliphatic hydroxyl groups excluding tert-OH is 1. The molecule has 0 aliphatic rings. The van der Waals surface area contributed by atoms with Gasteiger partial charge in [0.25, 0.3) is 5.91 Å². The van der Waals surface area contributed by atoms with Crippen LogP contribution < -0.4 is 5.32 Å². The van der Waals surface area contributed by atoms with Gasteiger partial charge >= 0.3 is 0 Å². The van der Waals surface area contributed by atoms with Crippen LogP contribution in [0.4, 0.5) is 0 Å². The Bertz CT molecular complexity index is 415. The van der Waals surface area contributed by atoms with E-state index in [9.17, 15) is 4.79 Å². The van der Waals surface area contributed by atoms with Gasteiger partial charge in [0.15, 0.2) is 0 Å². The second kappa shape index (κ2) is 7.84. The van der Waals surface area contributed by atoms with Crippen molar-refractivity contribution >= 4 is 5.91 Å². The van der Waals surface area contributed by atoms with E-state index in [-0.39, 0.29) is 12.5 Å². The van der Waals surface area contributed by atoms with Crippen LogP contribution in [-0.4, -0.2) is 34.4 Å². The predicted octanol–water partition coefficient (Wildman–Crippen LogP) is 1.62. The SMILES string of the molecule is CCCC(CCO)CNC(=O)c1cc(C)nnc1C. The molecular weight excluding hydrogens is 242 g/mol. The van der Waals surface area contributed by atoms with Crippen LogP contribution in [0.3, 0.4) is 0 Å². The Morgan fingerprint density at radius 3 is 2.74 bits per heavy atom.